The van der Waals surface area contributed by atoms with E-state index in [0.29, 0.717) is 0 Å². The highest BCUT2D eigenvalue weighted by Gasteiger charge is 2.23. The van der Waals surface area contributed by atoms with Crippen molar-refractivity contribution in [3.8, 4) is 11.1 Å². The minimum absolute atomic E-state index is 0.881. The van der Waals surface area contributed by atoms with Gasteiger partial charge in [0.2, 0.25) is 0 Å². The van der Waals surface area contributed by atoms with Crippen molar-refractivity contribution < 1.29 is 4.42 Å². The average molecular weight is 526 g/mol. The van der Waals surface area contributed by atoms with Gasteiger partial charge in [0.15, 0.2) is 5.58 Å². The molecule has 0 aliphatic carbocycles. The van der Waals surface area contributed by atoms with Crippen LogP contribution in [0.4, 0.5) is 17.1 Å². The van der Waals surface area contributed by atoms with Crippen molar-refractivity contribution in [2.24, 2.45) is 0 Å². The molecule has 2 heteroatoms. The summed E-state index contributed by atoms with van der Waals surface area (Å²) in [4.78, 5) is 2.37. The summed E-state index contributed by atoms with van der Waals surface area (Å²) in [6, 6.07) is 52.0. The predicted molar refractivity (Wildman–Crippen MR) is 174 cm³/mol. The Kier molecular flexibility index (Phi) is 5.39. The van der Waals surface area contributed by atoms with Gasteiger partial charge in [-0.15, -0.1) is 0 Å². The summed E-state index contributed by atoms with van der Waals surface area (Å²) in [5.74, 6) is 0. The van der Waals surface area contributed by atoms with Gasteiger partial charge in [0.05, 0.1) is 11.4 Å². The normalized spacial score (nSPS) is 11.5. The van der Waals surface area contributed by atoms with Crippen molar-refractivity contribution >= 4 is 60.5 Å². The van der Waals surface area contributed by atoms with E-state index in [1.165, 1.54) is 38.2 Å². The van der Waals surface area contributed by atoms with E-state index >= 15 is 0 Å². The number of hydrogen-bond acceptors (Lipinski definition) is 2. The molecular formula is C39H27NO. The number of furan rings is 1. The number of nitrogens with zero attached hydrogens (tertiary/aromatic N) is 1. The number of hydrogen-bond donors (Lipinski definition) is 0. The molecule has 8 rings (SSSR count). The maximum atomic E-state index is 6.59. The van der Waals surface area contributed by atoms with Gasteiger partial charge in [0.1, 0.15) is 5.58 Å². The fourth-order valence-electron chi connectivity index (χ4n) is 6.18. The van der Waals surface area contributed by atoms with E-state index in [1.807, 2.05) is 12.1 Å². The van der Waals surface area contributed by atoms with Crippen LogP contribution in [0.3, 0.4) is 0 Å². The Labute approximate surface area is 238 Å². The Morgan fingerprint density at radius 3 is 1.93 bits per heavy atom. The molecule has 0 saturated heterocycles. The van der Waals surface area contributed by atoms with Gasteiger partial charge in [-0.2, -0.15) is 0 Å². The maximum absolute atomic E-state index is 6.59. The molecule has 0 N–H and O–H groups in total. The van der Waals surface area contributed by atoms with Crippen molar-refractivity contribution in [3.05, 3.63) is 151 Å². The molecule has 0 atom stereocenters. The molecule has 0 spiro atoms. The summed E-state index contributed by atoms with van der Waals surface area (Å²) < 4.78 is 6.59. The quantitative estimate of drug-likeness (QED) is 0.227. The summed E-state index contributed by atoms with van der Waals surface area (Å²) in [6.45, 7) is 2.13. The topological polar surface area (TPSA) is 16.4 Å². The lowest BCUT2D eigenvalue weighted by molar-refractivity contribution is 0.669. The molecule has 0 aliphatic heterocycles. The van der Waals surface area contributed by atoms with Crippen molar-refractivity contribution in [3.63, 3.8) is 0 Å². The second-order valence-electron chi connectivity index (χ2n) is 10.6. The van der Waals surface area contributed by atoms with Gasteiger partial charge in [-0.3, -0.25) is 0 Å². The van der Waals surface area contributed by atoms with E-state index in [-0.39, 0.29) is 0 Å². The first-order valence-electron chi connectivity index (χ1n) is 14.0. The zero-order valence-electron chi connectivity index (χ0n) is 22.7. The third-order valence-electron chi connectivity index (χ3n) is 8.12. The zero-order valence-corrected chi connectivity index (χ0v) is 22.7. The molecule has 0 saturated carbocycles. The predicted octanol–water partition coefficient (Wildman–Crippen LogP) is 11.3. The van der Waals surface area contributed by atoms with Gasteiger partial charge in [0.25, 0.3) is 0 Å². The number of benzene rings is 7. The molecule has 0 bridgehead atoms. The Morgan fingerprint density at radius 2 is 1.10 bits per heavy atom. The molecule has 1 heterocycles. The molecule has 0 aliphatic rings. The lowest BCUT2D eigenvalue weighted by Crippen LogP contribution is -2.12. The van der Waals surface area contributed by atoms with Crippen LogP contribution in [0.1, 0.15) is 5.56 Å². The van der Waals surface area contributed by atoms with Crippen molar-refractivity contribution in [1.29, 1.82) is 0 Å². The third kappa shape index (κ3) is 3.80. The number of aryl methyl sites for hydroxylation is 1. The van der Waals surface area contributed by atoms with Crippen LogP contribution >= 0.6 is 0 Å². The van der Waals surface area contributed by atoms with Gasteiger partial charge in [-0.05, 0) is 64.4 Å². The van der Waals surface area contributed by atoms with Gasteiger partial charge in [0, 0.05) is 22.0 Å². The molecule has 7 aromatic carbocycles. The van der Waals surface area contributed by atoms with Crippen LogP contribution in [0.15, 0.2) is 150 Å². The molecule has 0 unspecified atom stereocenters. The molecule has 194 valence electrons. The van der Waals surface area contributed by atoms with Crippen LogP contribution in [0, 0.1) is 6.92 Å². The minimum Gasteiger partial charge on any atom is -0.454 e. The van der Waals surface area contributed by atoms with E-state index in [0.717, 1.165) is 39.0 Å². The van der Waals surface area contributed by atoms with E-state index in [1.54, 1.807) is 0 Å². The summed E-state index contributed by atoms with van der Waals surface area (Å²) in [6.07, 6.45) is 0. The highest BCUT2D eigenvalue weighted by molar-refractivity contribution is 6.14. The maximum Gasteiger partial charge on any atom is 0.159 e. The first-order valence-corrected chi connectivity index (χ1v) is 14.0. The first-order chi connectivity index (χ1) is 20.3. The van der Waals surface area contributed by atoms with Crippen LogP contribution in [0.25, 0.3) is 54.6 Å². The summed E-state index contributed by atoms with van der Waals surface area (Å²) >= 11 is 0. The highest BCUT2D eigenvalue weighted by Crippen LogP contribution is 2.48. The first kappa shape index (κ1) is 23.5. The van der Waals surface area contributed by atoms with Crippen LogP contribution in [0.5, 0.6) is 0 Å². The van der Waals surface area contributed by atoms with Crippen LogP contribution in [0.2, 0.25) is 0 Å². The fraction of sp³-hybridized carbons (Fsp3) is 0.0256. The molecule has 0 fully saturated rings. The summed E-state index contributed by atoms with van der Waals surface area (Å²) in [5.41, 5.74) is 8.62. The van der Waals surface area contributed by atoms with Gasteiger partial charge < -0.3 is 9.32 Å². The third-order valence-corrected chi connectivity index (χ3v) is 8.12. The van der Waals surface area contributed by atoms with Gasteiger partial charge >= 0.3 is 0 Å². The molecule has 2 nitrogen and oxygen atoms in total. The van der Waals surface area contributed by atoms with Crippen molar-refractivity contribution in [2.45, 2.75) is 6.92 Å². The largest absolute Gasteiger partial charge is 0.454 e. The standard InChI is InChI=1S/C39H27NO/c1-26-20-23-29(24-21-26)40(36-18-9-17-34-32-15-6-7-19-37(32)41-39(34)36)35-25-22-28-11-3-5-14-31(28)38(35)33-16-8-12-27-10-2-4-13-30(27)33/h2-25H,1H3. The average Bonchev–Trinajstić information content (AvgIpc) is 3.41. The van der Waals surface area contributed by atoms with E-state index in [2.05, 4.69) is 145 Å². The Hall–Kier alpha value is -5.34. The van der Waals surface area contributed by atoms with E-state index in [9.17, 15) is 0 Å². The summed E-state index contributed by atoms with van der Waals surface area (Å²) in [5, 5.41) is 7.13. The molecular weight excluding hydrogens is 498 g/mol. The summed E-state index contributed by atoms with van der Waals surface area (Å²) in [7, 11) is 0. The van der Waals surface area contributed by atoms with E-state index < -0.39 is 0 Å². The number of rotatable bonds is 4. The fourth-order valence-corrected chi connectivity index (χ4v) is 6.18. The molecule has 0 radical (unpaired) electrons. The Morgan fingerprint density at radius 1 is 0.463 bits per heavy atom. The van der Waals surface area contributed by atoms with Gasteiger partial charge in [-0.25, -0.2) is 0 Å². The molecule has 0 amide bonds. The number of fused-ring (bicyclic) bond motifs is 5. The zero-order chi connectivity index (χ0) is 27.3. The van der Waals surface area contributed by atoms with Crippen LogP contribution in [-0.4, -0.2) is 0 Å². The highest BCUT2D eigenvalue weighted by atomic mass is 16.3. The van der Waals surface area contributed by atoms with Crippen molar-refractivity contribution in [2.75, 3.05) is 4.90 Å². The van der Waals surface area contributed by atoms with Crippen LogP contribution in [-0.2, 0) is 0 Å². The Bertz CT molecular complexity index is 2220. The SMILES string of the molecule is Cc1ccc(N(c2ccc3ccccc3c2-c2cccc3ccccc23)c2cccc3c2oc2ccccc23)cc1. The van der Waals surface area contributed by atoms with E-state index in [4.69, 9.17) is 4.42 Å². The van der Waals surface area contributed by atoms with Crippen molar-refractivity contribution in [1.82, 2.24) is 0 Å². The second kappa shape index (κ2) is 9.39. The Balaban J connectivity index is 1.51. The molecule has 8 aromatic rings. The number of para-hydroxylation sites is 2. The lowest BCUT2D eigenvalue weighted by Gasteiger charge is -2.29. The minimum atomic E-state index is 0.881. The molecule has 41 heavy (non-hydrogen) atoms. The smallest absolute Gasteiger partial charge is 0.159 e. The van der Waals surface area contributed by atoms with Crippen LogP contribution < -0.4 is 4.90 Å². The second-order valence-corrected chi connectivity index (χ2v) is 10.6. The molecule has 1 aromatic heterocycles. The monoisotopic (exact) mass is 525 g/mol. The van der Waals surface area contributed by atoms with Gasteiger partial charge in [-0.1, -0.05) is 121 Å². The lowest BCUT2D eigenvalue weighted by atomic mass is 9.91. The number of anilines is 3.